The number of imidazole rings is 1. The van der Waals surface area contributed by atoms with Crippen molar-refractivity contribution in [2.75, 3.05) is 13.2 Å². The Bertz CT molecular complexity index is 1220. The van der Waals surface area contributed by atoms with Crippen molar-refractivity contribution in [2.45, 2.75) is 19.6 Å². The average Bonchev–Trinajstić information content (AvgIpc) is 3.16. The number of carbonyl (C=O) groups is 1. The molecule has 0 spiro atoms. The molecule has 0 aliphatic carbocycles. The SMILES string of the molecule is CC(Oc1ccccc1)c1nc2cc(C(=O)NCCO)ccc2n1Cc1cccc(F)c1. The molecule has 1 unspecified atom stereocenters. The molecule has 3 aromatic carbocycles. The highest BCUT2D eigenvalue weighted by Gasteiger charge is 2.20. The van der Waals surface area contributed by atoms with E-state index in [1.54, 1.807) is 18.2 Å². The fraction of sp³-hybridized carbons (Fsp3) is 0.200. The van der Waals surface area contributed by atoms with Gasteiger partial charge in [0.15, 0.2) is 11.9 Å². The van der Waals surface area contributed by atoms with E-state index in [1.165, 1.54) is 12.1 Å². The van der Waals surface area contributed by atoms with Crippen LogP contribution >= 0.6 is 0 Å². The van der Waals surface area contributed by atoms with Crippen LogP contribution in [0, 0.1) is 5.82 Å². The maximum Gasteiger partial charge on any atom is 0.251 e. The number of halogens is 1. The quantitative estimate of drug-likeness (QED) is 0.439. The first-order chi connectivity index (χ1) is 15.5. The minimum absolute atomic E-state index is 0.130. The predicted molar refractivity (Wildman–Crippen MR) is 120 cm³/mol. The summed E-state index contributed by atoms with van der Waals surface area (Å²) >= 11 is 0. The Hall–Kier alpha value is -3.71. The number of hydrogen-bond acceptors (Lipinski definition) is 4. The molecular formula is C25H24FN3O3. The Kier molecular flexibility index (Phi) is 6.47. The molecule has 0 bridgehead atoms. The molecule has 0 aliphatic rings. The molecule has 6 nitrogen and oxygen atoms in total. The van der Waals surface area contributed by atoms with E-state index in [1.807, 2.05) is 54.0 Å². The van der Waals surface area contributed by atoms with E-state index in [0.29, 0.717) is 29.2 Å². The predicted octanol–water partition coefficient (Wildman–Crippen LogP) is 4.09. The van der Waals surface area contributed by atoms with Crippen LogP contribution < -0.4 is 10.1 Å². The Morgan fingerprint density at radius 3 is 2.69 bits per heavy atom. The lowest BCUT2D eigenvalue weighted by atomic mass is 10.1. The smallest absolute Gasteiger partial charge is 0.251 e. The highest BCUT2D eigenvalue weighted by molar-refractivity contribution is 5.97. The molecule has 0 saturated heterocycles. The van der Waals surface area contributed by atoms with Gasteiger partial charge in [-0.15, -0.1) is 0 Å². The lowest BCUT2D eigenvalue weighted by Gasteiger charge is -2.17. The second-order valence-electron chi connectivity index (χ2n) is 7.44. The van der Waals surface area contributed by atoms with Gasteiger partial charge in [-0.2, -0.15) is 0 Å². The molecule has 1 atom stereocenters. The van der Waals surface area contributed by atoms with Crippen molar-refractivity contribution in [2.24, 2.45) is 0 Å². The normalized spacial score (nSPS) is 12.0. The summed E-state index contributed by atoms with van der Waals surface area (Å²) in [6.45, 7) is 2.36. The maximum absolute atomic E-state index is 13.8. The first-order valence-corrected chi connectivity index (χ1v) is 10.4. The monoisotopic (exact) mass is 433 g/mol. The highest BCUT2D eigenvalue weighted by Crippen LogP contribution is 2.27. The summed E-state index contributed by atoms with van der Waals surface area (Å²) in [5.74, 6) is 0.801. The average molecular weight is 433 g/mol. The lowest BCUT2D eigenvalue weighted by Crippen LogP contribution is -2.26. The molecule has 32 heavy (non-hydrogen) atoms. The maximum atomic E-state index is 13.8. The number of aromatic nitrogens is 2. The van der Waals surface area contributed by atoms with Gasteiger partial charge in [0, 0.05) is 18.7 Å². The van der Waals surface area contributed by atoms with Crippen LogP contribution in [0.25, 0.3) is 11.0 Å². The molecule has 0 aliphatic heterocycles. The van der Waals surface area contributed by atoms with Gasteiger partial charge in [0.2, 0.25) is 0 Å². The van der Waals surface area contributed by atoms with Crippen molar-refractivity contribution in [3.8, 4) is 5.75 Å². The third kappa shape index (κ3) is 4.78. The van der Waals surface area contributed by atoms with Crippen LogP contribution in [0.1, 0.15) is 34.8 Å². The summed E-state index contributed by atoms with van der Waals surface area (Å²) < 4.78 is 21.9. The van der Waals surface area contributed by atoms with Crippen LogP contribution in [0.4, 0.5) is 4.39 Å². The van der Waals surface area contributed by atoms with Crippen molar-refractivity contribution in [1.29, 1.82) is 0 Å². The van der Waals surface area contributed by atoms with E-state index in [9.17, 15) is 9.18 Å². The molecule has 0 saturated carbocycles. The standard InChI is InChI=1S/C25H24FN3O3/c1-17(32-21-8-3-2-4-9-21)24-28-22-15-19(25(31)27-12-13-30)10-11-23(22)29(24)16-18-6-5-7-20(26)14-18/h2-11,14-15,17,30H,12-13,16H2,1H3,(H,27,31). The number of benzene rings is 3. The Morgan fingerprint density at radius 1 is 1.12 bits per heavy atom. The van der Waals surface area contributed by atoms with Crippen LogP contribution in [-0.2, 0) is 6.54 Å². The molecule has 1 amide bonds. The molecule has 1 heterocycles. The highest BCUT2D eigenvalue weighted by atomic mass is 19.1. The van der Waals surface area contributed by atoms with Crippen molar-refractivity contribution in [3.63, 3.8) is 0 Å². The van der Waals surface area contributed by atoms with Gasteiger partial charge >= 0.3 is 0 Å². The number of para-hydroxylation sites is 1. The topological polar surface area (TPSA) is 76.4 Å². The number of nitrogens with one attached hydrogen (secondary N) is 1. The van der Waals surface area contributed by atoms with Gasteiger partial charge in [-0.1, -0.05) is 30.3 Å². The van der Waals surface area contributed by atoms with Crippen LogP contribution in [-0.4, -0.2) is 33.7 Å². The first-order valence-electron chi connectivity index (χ1n) is 10.4. The summed E-state index contributed by atoms with van der Waals surface area (Å²) in [6, 6.07) is 21.2. The zero-order valence-electron chi connectivity index (χ0n) is 17.7. The van der Waals surface area contributed by atoms with Crippen molar-refractivity contribution >= 4 is 16.9 Å². The van der Waals surface area contributed by atoms with E-state index in [2.05, 4.69) is 5.32 Å². The number of amides is 1. The van der Waals surface area contributed by atoms with Gasteiger partial charge in [-0.25, -0.2) is 9.37 Å². The number of carbonyl (C=O) groups excluding carboxylic acids is 1. The molecule has 164 valence electrons. The van der Waals surface area contributed by atoms with Crippen molar-refractivity contribution < 1.29 is 19.0 Å². The number of aliphatic hydroxyl groups excluding tert-OH is 1. The van der Waals surface area contributed by atoms with Gasteiger partial charge in [-0.05, 0) is 55.0 Å². The number of ether oxygens (including phenoxy) is 1. The van der Waals surface area contributed by atoms with Gasteiger partial charge in [-0.3, -0.25) is 4.79 Å². The third-order valence-corrected chi connectivity index (χ3v) is 5.09. The zero-order chi connectivity index (χ0) is 22.5. The second-order valence-corrected chi connectivity index (χ2v) is 7.44. The van der Waals surface area contributed by atoms with E-state index in [4.69, 9.17) is 14.8 Å². The van der Waals surface area contributed by atoms with Gasteiger partial charge < -0.3 is 19.7 Å². The molecule has 0 radical (unpaired) electrons. The van der Waals surface area contributed by atoms with E-state index >= 15 is 0 Å². The third-order valence-electron chi connectivity index (χ3n) is 5.09. The van der Waals surface area contributed by atoms with Gasteiger partial charge in [0.05, 0.1) is 17.6 Å². The molecular weight excluding hydrogens is 409 g/mol. The summed E-state index contributed by atoms with van der Waals surface area (Å²) in [4.78, 5) is 17.1. The van der Waals surface area contributed by atoms with Crippen molar-refractivity contribution in [1.82, 2.24) is 14.9 Å². The van der Waals surface area contributed by atoms with Gasteiger partial charge in [0.25, 0.3) is 5.91 Å². The molecule has 0 fully saturated rings. The molecule has 4 aromatic rings. The van der Waals surface area contributed by atoms with Crippen LogP contribution in [0.2, 0.25) is 0 Å². The molecule has 4 rings (SSSR count). The van der Waals surface area contributed by atoms with Gasteiger partial charge in [0.1, 0.15) is 11.6 Å². The molecule has 7 heteroatoms. The minimum atomic E-state index is -0.384. The molecule has 2 N–H and O–H groups in total. The summed E-state index contributed by atoms with van der Waals surface area (Å²) in [5, 5.41) is 11.6. The number of fused-ring (bicyclic) bond motifs is 1. The fourth-order valence-electron chi connectivity index (χ4n) is 3.61. The van der Waals surface area contributed by atoms with Crippen LogP contribution in [0.15, 0.2) is 72.8 Å². The molecule has 1 aromatic heterocycles. The summed E-state index contributed by atoms with van der Waals surface area (Å²) in [6.07, 6.45) is -0.384. The van der Waals surface area contributed by atoms with Crippen molar-refractivity contribution in [3.05, 3.63) is 95.6 Å². The summed E-state index contributed by atoms with van der Waals surface area (Å²) in [7, 11) is 0. The lowest BCUT2D eigenvalue weighted by molar-refractivity contribution is 0.0945. The zero-order valence-corrected chi connectivity index (χ0v) is 17.7. The summed E-state index contributed by atoms with van der Waals surface area (Å²) in [5.41, 5.74) is 2.69. The Labute approximate surface area is 185 Å². The minimum Gasteiger partial charge on any atom is -0.483 e. The Morgan fingerprint density at radius 2 is 1.94 bits per heavy atom. The fourth-order valence-corrected chi connectivity index (χ4v) is 3.61. The van der Waals surface area contributed by atoms with E-state index in [-0.39, 0.29) is 31.0 Å². The number of hydrogen-bond donors (Lipinski definition) is 2. The Balaban J connectivity index is 1.74. The number of rotatable bonds is 8. The first kappa shape index (κ1) is 21.5. The van der Waals surface area contributed by atoms with E-state index in [0.717, 1.165) is 11.1 Å². The number of nitrogens with zero attached hydrogens (tertiary/aromatic N) is 2. The van der Waals surface area contributed by atoms with Crippen LogP contribution in [0.5, 0.6) is 5.75 Å². The largest absolute Gasteiger partial charge is 0.483 e. The van der Waals surface area contributed by atoms with E-state index < -0.39 is 0 Å². The number of aliphatic hydroxyl groups is 1. The second kappa shape index (κ2) is 9.62. The van der Waals surface area contributed by atoms with Crippen LogP contribution in [0.3, 0.4) is 0 Å².